The molecule has 0 aromatic heterocycles. The quantitative estimate of drug-likeness (QED) is 0.0943. The number of methoxy groups -OCH3 is 2. The zero-order valence-corrected chi connectivity index (χ0v) is 29.7. The topological polar surface area (TPSA) is 88.1 Å². The molecule has 6 rings (SSSR count). The number of nitrogens with zero attached hydrogens (tertiary/aromatic N) is 1. The van der Waals surface area contributed by atoms with Gasteiger partial charge in [-0.1, -0.05) is 93.3 Å². The van der Waals surface area contributed by atoms with Crippen LogP contribution in [0, 0.1) is 0 Å². The molecule has 0 saturated heterocycles. The lowest BCUT2D eigenvalue weighted by Crippen LogP contribution is -2.22. The number of ketones is 1. The number of benzene rings is 4. The number of hydrogen-bond donors (Lipinski definition) is 2. The minimum Gasteiger partial charge on any atom is -0.497 e. The summed E-state index contributed by atoms with van der Waals surface area (Å²) in [6, 6.07) is 32.0. The molecule has 0 saturated carbocycles. The third kappa shape index (κ3) is 7.45. The smallest absolute Gasteiger partial charge is 0.322 e. The van der Waals surface area contributed by atoms with Gasteiger partial charge in [-0.2, -0.15) is 0 Å². The molecule has 2 N–H and O–H groups in total. The molecule has 0 spiro atoms. The number of carbonyl (C=O) groups excluding carboxylic acids is 1. The van der Waals surface area contributed by atoms with Crippen LogP contribution in [0.2, 0.25) is 0 Å². The van der Waals surface area contributed by atoms with Crippen molar-refractivity contribution in [3.63, 3.8) is 0 Å². The normalized spacial score (nSPS) is 16.9. The summed E-state index contributed by atoms with van der Waals surface area (Å²) < 4.78 is 11.0. The number of fused-ring (bicyclic) bond motifs is 1. The molecular weight excluding hydrogens is 645 g/mol. The van der Waals surface area contributed by atoms with Gasteiger partial charge in [0.1, 0.15) is 18.0 Å². The van der Waals surface area contributed by atoms with Crippen molar-refractivity contribution >= 4 is 39.8 Å². The molecule has 50 heavy (non-hydrogen) atoms. The molecule has 1 aliphatic heterocycles. The maximum atomic E-state index is 14.7. The van der Waals surface area contributed by atoms with Crippen molar-refractivity contribution < 1.29 is 24.2 Å². The van der Waals surface area contributed by atoms with Crippen LogP contribution in [0.25, 0.3) is 10.6 Å². The Balaban J connectivity index is 1.53. The Morgan fingerprint density at radius 3 is 2.10 bits per heavy atom. The van der Waals surface area contributed by atoms with Gasteiger partial charge < -0.3 is 24.8 Å². The minimum atomic E-state index is -0.945. The van der Waals surface area contributed by atoms with Gasteiger partial charge in [-0.05, 0) is 83.3 Å². The van der Waals surface area contributed by atoms with Crippen molar-refractivity contribution in [2.75, 3.05) is 32.6 Å². The highest BCUT2D eigenvalue weighted by Gasteiger charge is 2.42. The summed E-state index contributed by atoms with van der Waals surface area (Å²) in [4.78, 5) is 29.6. The van der Waals surface area contributed by atoms with E-state index in [-0.39, 0.29) is 18.2 Å². The fraction of sp³-hybridized carbons (Fsp3) is 0.286. The maximum Gasteiger partial charge on any atom is 0.322 e. The molecule has 8 heteroatoms. The Labute approximate surface area is 299 Å². The summed E-state index contributed by atoms with van der Waals surface area (Å²) in [5.41, 5.74) is 7.11. The van der Waals surface area contributed by atoms with Crippen LogP contribution in [-0.4, -0.2) is 49.1 Å². The van der Waals surface area contributed by atoms with Gasteiger partial charge in [0.2, 0.25) is 0 Å². The molecule has 7 nitrogen and oxygen atoms in total. The van der Waals surface area contributed by atoms with Crippen LogP contribution >= 0.6 is 11.8 Å². The van der Waals surface area contributed by atoms with Crippen LogP contribution < -0.4 is 14.8 Å². The van der Waals surface area contributed by atoms with Gasteiger partial charge in [0.05, 0.1) is 24.9 Å². The van der Waals surface area contributed by atoms with E-state index >= 15 is 0 Å². The lowest BCUT2D eigenvalue weighted by atomic mass is 9.89. The highest BCUT2D eigenvalue weighted by Crippen LogP contribution is 2.56. The first kappa shape index (κ1) is 34.9. The van der Waals surface area contributed by atoms with Crippen molar-refractivity contribution in [1.29, 1.82) is 0 Å². The monoisotopic (exact) mass is 688 g/mol. The molecule has 258 valence electrons. The first-order valence-electron chi connectivity index (χ1n) is 17.3. The van der Waals surface area contributed by atoms with E-state index in [1.807, 2.05) is 54.6 Å². The van der Waals surface area contributed by atoms with Gasteiger partial charge in [0.15, 0.2) is 5.78 Å². The van der Waals surface area contributed by atoms with E-state index in [1.165, 1.54) is 25.7 Å². The van der Waals surface area contributed by atoms with Crippen LogP contribution in [0.3, 0.4) is 0 Å². The Bertz CT molecular complexity index is 1880. The number of rotatable bonds is 15. The molecule has 0 fully saturated rings. The summed E-state index contributed by atoms with van der Waals surface area (Å²) in [5.74, 6) is 0.292. The molecular formula is C42H44N2O5S. The van der Waals surface area contributed by atoms with Gasteiger partial charge >= 0.3 is 5.97 Å². The fourth-order valence-corrected chi connectivity index (χ4v) is 8.19. The van der Waals surface area contributed by atoms with E-state index < -0.39 is 5.97 Å². The predicted octanol–water partition coefficient (Wildman–Crippen LogP) is 9.68. The van der Waals surface area contributed by atoms with Crippen molar-refractivity contribution in [2.45, 2.75) is 51.4 Å². The van der Waals surface area contributed by atoms with Crippen molar-refractivity contribution in [2.24, 2.45) is 0 Å². The van der Waals surface area contributed by atoms with E-state index in [0.29, 0.717) is 11.3 Å². The molecule has 0 amide bonds. The highest BCUT2D eigenvalue weighted by atomic mass is 32.2. The number of ether oxygens (including phenoxy) is 2. The molecule has 1 aliphatic carbocycles. The van der Waals surface area contributed by atoms with Gasteiger partial charge in [0, 0.05) is 34.2 Å². The molecule has 2 aliphatic rings. The SMILES string of the molecule is CCCCCCCCN1C(c2ccc(OC)cc2)=C(c2ccc(OC)cc2)S/C1=C1\C(=O)c2ccc(NCC(=O)O)cc2C1c1ccccc1. The zero-order chi connectivity index (χ0) is 35.0. The second-order valence-corrected chi connectivity index (χ2v) is 13.6. The number of carboxylic acid groups (broad SMARTS) is 1. The molecule has 1 unspecified atom stereocenters. The van der Waals surface area contributed by atoms with Crippen LogP contribution in [0.5, 0.6) is 11.5 Å². The molecule has 1 heterocycles. The van der Waals surface area contributed by atoms with Gasteiger partial charge in [-0.3, -0.25) is 9.59 Å². The molecule has 4 aromatic rings. The number of hydrogen-bond acceptors (Lipinski definition) is 7. The summed E-state index contributed by atoms with van der Waals surface area (Å²) in [7, 11) is 3.34. The van der Waals surface area contributed by atoms with Crippen LogP contribution in [0.1, 0.15) is 84.0 Å². The molecule has 1 atom stereocenters. The molecule has 0 radical (unpaired) electrons. The zero-order valence-electron chi connectivity index (χ0n) is 28.9. The minimum absolute atomic E-state index is 0.000791. The van der Waals surface area contributed by atoms with Crippen LogP contribution in [0.15, 0.2) is 108 Å². The average molecular weight is 689 g/mol. The van der Waals surface area contributed by atoms with E-state index in [4.69, 9.17) is 9.47 Å². The first-order valence-corrected chi connectivity index (χ1v) is 18.2. The van der Waals surface area contributed by atoms with Crippen LogP contribution in [0.4, 0.5) is 5.69 Å². The average Bonchev–Trinajstić information content (AvgIpc) is 3.66. The standard InChI is InChI=1S/C42H44N2O5S/c1-4-5-6-7-8-12-25-44-39(29-15-20-32(48-2)21-16-29)41(30-17-22-33(49-3)23-18-30)50-42(44)38-37(28-13-10-9-11-14-28)35-26-31(43-27-36(45)46)19-24-34(35)40(38)47/h9-11,13-24,26,37,43H,4-8,12,25,27H2,1-3H3,(H,45,46)/b42-38-. The number of nitrogens with one attached hydrogen (secondary N) is 1. The van der Waals surface area contributed by atoms with Crippen molar-refractivity contribution in [1.82, 2.24) is 4.90 Å². The number of carbonyl (C=O) groups is 2. The van der Waals surface area contributed by atoms with Crippen LogP contribution in [-0.2, 0) is 4.79 Å². The second kappa shape index (κ2) is 16.2. The number of carboxylic acids is 1. The number of unbranched alkanes of at least 4 members (excludes halogenated alkanes) is 5. The number of allylic oxidation sites excluding steroid dienone is 1. The van der Waals surface area contributed by atoms with E-state index in [0.717, 1.165) is 74.3 Å². The summed E-state index contributed by atoms with van der Waals surface area (Å²) in [5, 5.41) is 13.3. The number of Topliss-reactive ketones (excluding diaryl/α,β-unsaturated/α-hetero) is 1. The third-order valence-electron chi connectivity index (χ3n) is 9.33. The lowest BCUT2D eigenvalue weighted by Gasteiger charge is -2.27. The van der Waals surface area contributed by atoms with Crippen molar-refractivity contribution in [3.05, 3.63) is 135 Å². The van der Waals surface area contributed by atoms with Gasteiger partial charge in [-0.15, -0.1) is 0 Å². The van der Waals surface area contributed by atoms with E-state index in [9.17, 15) is 14.7 Å². The number of aliphatic carboxylic acids is 1. The number of anilines is 1. The van der Waals surface area contributed by atoms with Gasteiger partial charge in [-0.25, -0.2) is 0 Å². The summed E-state index contributed by atoms with van der Waals surface area (Å²) in [6.45, 7) is 2.78. The van der Waals surface area contributed by atoms with Crippen molar-refractivity contribution in [3.8, 4) is 11.5 Å². The first-order chi connectivity index (χ1) is 24.4. The highest BCUT2D eigenvalue weighted by molar-refractivity contribution is 8.12. The van der Waals surface area contributed by atoms with E-state index in [2.05, 4.69) is 53.5 Å². The predicted molar refractivity (Wildman–Crippen MR) is 203 cm³/mol. The Hall–Kier alpha value is -4.95. The Morgan fingerprint density at radius 2 is 1.46 bits per heavy atom. The lowest BCUT2D eigenvalue weighted by molar-refractivity contribution is -0.134. The fourth-order valence-electron chi connectivity index (χ4n) is 6.80. The molecule has 0 bridgehead atoms. The summed E-state index contributed by atoms with van der Waals surface area (Å²) in [6.07, 6.45) is 6.92. The number of thioether (sulfide) groups is 1. The van der Waals surface area contributed by atoms with E-state index in [1.54, 1.807) is 32.0 Å². The molecule has 4 aromatic carbocycles. The largest absolute Gasteiger partial charge is 0.497 e. The summed E-state index contributed by atoms with van der Waals surface area (Å²) >= 11 is 1.66. The third-order valence-corrected chi connectivity index (χ3v) is 10.6. The van der Waals surface area contributed by atoms with Gasteiger partial charge in [0.25, 0.3) is 0 Å². The second-order valence-electron chi connectivity index (χ2n) is 12.6. The maximum absolute atomic E-state index is 14.7. The Morgan fingerprint density at radius 1 is 0.820 bits per heavy atom. The Kier molecular flexibility index (Phi) is 11.3.